The van der Waals surface area contributed by atoms with Crippen LogP contribution in [0.1, 0.15) is 15.9 Å². The summed E-state index contributed by atoms with van der Waals surface area (Å²) in [5.41, 5.74) is 3.86. The van der Waals surface area contributed by atoms with E-state index in [-0.39, 0.29) is 24.2 Å². The Morgan fingerprint density at radius 1 is 0.838 bits per heavy atom. The summed E-state index contributed by atoms with van der Waals surface area (Å²) in [6.07, 6.45) is 0. The minimum Gasteiger partial charge on any atom is -0.416 e. The molecule has 2 amide bonds. The first-order valence-corrected chi connectivity index (χ1v) is 12.0. The Balaban J connectivity index is 1.14. The normalized spacial score (nSPS) is 13.9. The first kappa shape index (κ1) is 24.3. The zero-order valence-corrected chi connectivity index (χ0v) is 20.4. The van der Waals surface area contributed by atoms with Crippen molar-refractivity contribution in [3.63, 3.8) is 0 Å². The van der Waals surface area contributed by atoms with Gasteiger partial charge in [0.1, 0.15) is 5.82 Å². The largest absolute Gasteiger partial charge is 0.416 e. The van der Waals surface area contributed by atoms with Gasteiger partial charge in [0.25, 0.3) is 5.91 Å². The third kappa shape index (κ3) is 5.90. The number of hydrogen-bond acceptors (Lipinski definition) is 6. The lowest BCUT2D eigenvalue weighted by molar-refractivity contribution is -0.117. The molecule has 0 atom stereocenters. The number of rotatable bonds is 6. The molecular formula is C28H26FN5O3. The molecule has 0 bridgehead atoms. The summed E-state index contributed by atoms with van der Waals surface area (Å²) in [5, 5.41) is 11.0. The average Bonchev–Trinajstić information content (AvgIpc) is 3.41. The van der Waals surface area contributed by atoms with Crippen molar-refractivity contribution in [2.75, 3.05) is 38.0 Å². The van der Waals surface area contributed by atoms with Gasteiger partial charge in [-0.2, -0.15) is 0 Å². The smallest absolute Gasteiger partial charge is 0.253 e. The highest BCUT2D eigenvalue weighted by Crippen LogP contribution is 2.24. The predicted octanol–water partition coefficient (Wildman–Crippen LogP) is 4.25. The highest BCUT2D eigenvalue weighted by atomic mass is 19.1. The molecule has 4 aromatic rings. The van der Waals surface area contributed by atoms with E-state index in [0.29, 0.717) is 49.2 Å². The van der Waals surface area contributed by atoms with E-state index in [9.17, 15) is 14.0 Å². The van der Waals surface area contributed by atoms with E-state index in [0.717, 1.165) is 16.7 Å². The Morgan fingerprint density at radius 2 is 1.41 bits per heavy atom. The van der Waals surface area contributed by atoms with Crippen LogP contribution in [0.15, 0.2) is 77.2 Å². The number of aromatic nitrogens is 2. The molecule has 3 aromatic carbocycles. The van der Waals surface area contributed by atoms with Crippen molar-refractivity contribution in [2.24, 2.45) is 0 Å². The summed E-state index contributed by atoms with van der Waals surface area (Å²) < 4.78 is 18.9. The number of carbonyl (C=O) groups excluding carboxylic acids is 2. The molecule has 1 N–H and O–H groups in total. The van der Waals surface area contributed by atoms with Crippen molar-refractivity contribution in [3.8, 4) is 22.9 Å². The van der Waals surface area contributed by atoms with Gasteiger partial charge < -0.3 is 14.6 Å². The maximum absolute atomic E-state index is 13.0. The van der Waals surface area contributed by atoms with Crippen molar-refractivity contribution in [3.05, 3.63) is 89.7 Å². The first-order valence-electron chi connectivity index (χ1n) is 12.0. The van der Waals surface area contributed by atoms with Crippen LogP contribution >= 0.6 is 0 Å². The number of amides is 2. The van der Waals surface area contributed by atoms with Crippen LogP contribution in [0.3, 0.4) is 0 Å². The van der Waals surface area contributed by atoms with Crippen LogP contribution in [0, 0.1) is 12.7 Å². The van der Waals surface area contributed by atoms with E-state index in [1.807, 2.05) is 36.1 Å². The van der Waals surface area contributed by atoms with E-state index >= 15 is 0 Å². The Labute approximate surface area is 213 Å². The number of halogens is 1. The van der Waals surface area contributed by atoms with E-state index in [1.54, 1.807) is 29.2 Å². The summed E-state index contributed by atoms with van der Waals surface area (Å²) >= 11 is 0. The van der Waals surface area contributed by atoms with E-state index in [2.05, 4.69) is 15.5 Å². The molecule has 8 nitrogen and oxygen atoms in total. The number of nitrogens with zero attached hydrogens (tertiary/aromatic N) is 4. The lowest BCUT2D eigenvalue weighted by atomic mass is 10.1. The first-order chi connectivity index (χ1) is 17.9. The Kier molecular flexibility index (Phi) is 7.04. The van der Waals surface area contributed by atoms with Gasteiger partial charge in [-0.1, -0.05) is 17.7 Å². The Morgan fingerprint density at radius 3 is 2.00 bits per heavy atom. The molecule has 1 aliphatic rings. The van der Waals surface area contributed by atoms with Crippen LogP contribution < -0.4 is 5.32 Å². The number of hydrogen-bond donors (Lipinski definition) is 1. The zero-order valence-electron chi connectivity index (χ0n) is 20.4. The second-order valence-corrected chi connectivity index (χ2v) is 8.98. The van der Waals surface area contributed by atoms with Gasteiger partial charge in [-0.05, 0) is 67.6 Å². The van der Waals surface area contributed by atoms with Gasteiger partial charge in [-0.25, -0.2) is 4.39 Å². The fraction of sp³-hybridized carbons (Fsp3) is 0.214. The van der Waals surface area contributed by atoms with Gasteiger partial charge in [-0.15, -0.1) is 10.2 Å². The number of anilines is 1. The molecule has 2 heterocycles. The van der Waals surface area contributed by atoms with Gasteiger partial charge in [0.15, 0.2) is 0 Å². The molecule has 1 fully saturated rings. The summed E-state index contributed by atoms with van der Waals surface area (Å²) in [6, 6.07) is 20.6. The molecule has 9 heteroatoms. The molecule has 0 unspecified atom stereocenters. The number of piperazine rings is 1. The van der Waals surface area contributed by atoms with Crippen molar-refractivity contribution < 1.29 is 18.4 Å². The molecule has 1 aromatic heterocycles. The van der Waals surface area contributed by atoms with Crippen molar-refractivity contribution >= 4 is 17.5 Å². The summed E-state index contributed by atoms with van der Waals surface area (Å²) in [7, 11) is 0. The van der Waals surface area contributed by atoms with Gasteiger partial charge in [0.05, 0.1) is 6.54 Å². The van der Waals surface area contributed by atoms with Crippen LogP contribution in [0.4, 0.5) is 10.1 Å². The highest BCUT2D eigenvalue weighted by Gasteiger charge is 2.23. The quantitative estimate of drug-likeness (QED) is 0.427. The highest BCUT2D eigenvalue weighted by molar-refractivity contribution is 5.95. The van der Waals surface area contributed by atoms with Gasteiger partial charge >= 0.3 is 0 Å². The second-order valence-electron chi connectivity index (χ2n) is 8.98. The molecular weight excluding hydrogens is 473 g/mol. The fourth-order valence-corrected chi connectivity index (χ4v) is 4.14. The van der Waals surface area contributed by atoms with Crippen molar-refractivity contribution in [1.82, 2.24) is 20.0 Å². The number of aryl methyl sites for hydroxylation is 1. The molecule has 37 heavy (non-hydrogen) atoms. The molecule has 1 aliphatic heterocycles. The van der Waals surface area contributed by atoms with E-state index in [1.165, 1.54) is 24.3 Å². The third-order valence-electron chi connectivity index (χ3n) is 6.26. The molecule has 188 valence electrons. The lowest BCUT2D eigenvalue weighted by Crippen LogP contribution is -2.50. The number of benzene rings is 3. The maximum Gasteiger partial charge on any atom is 0.253 e. The minimum atomic E-state index is -0.352. The Hall–Kier alpha value is -4.37. The lowest BCUT2D eigenvalue weighted by Gasteiger charge is -2.34. The third-order valence-corrected chi connectivity index (χ3v) is 6.26. The zero-order chi connectivity index (χ0) is 25.8. The van der Waals surface area contributed by atoms with Crippen molar-refractivity contribution in [1.29, 1.82) is 0 Å². The molecule has 0 radical (unpaired) electrons. The number of carbonyl (C=O) groups is 2. The maximum atomic E-state index is 13.0. The molecule has 0 saturated carbocycles. The molecule has 1 saturated heterocycles. The summed E-state index contributed by atoms with van der Waals surface area (Å²) in [5.74, 6) is 0.248. The second kappa shape index (κ2) is 10.7. The molecule has 0 aliphatic carbocycles. The van der Waals surface area contributed by atoms with Crippen LogP contribution in [-0.4, -0.2) is 64.5 Å². The predicted molar refractivity (Wildman–Crippen MR) is 137 cm³/mol. The van der Waals surface area contributed by atoms with E-state index < -0.39 is 0 Å². The average molecular weight is 500 g/mol. The van der Waals surface area contributed by atoms with Crippen LogP contribution in [-0.2, 0) is 4.79 Å². The molecule has 5 rings (SSSR count). The monoisotopic (exact) mass is 499 g/mol. The van der Waals surface area contributed by atoms with Crippen molar-refractivity contribution in [2.45, 2.75) is 6.92 Å². The van der Waals surface area contributed by atoms with E-state index in [4.69, 9.17) is 4.42 Å². The van der Waals surface area contributed by atoms with Gasteiger partial charge in [0.2, 0.25) is 17.7 Å². The van der Waals surface area contributed by atoms with Crippen LogP contribution in [0.2, 0.25) is 0 Å². The van der Waals surface area contributed by atoms with Gasteiger partial charge in [-0.3, -0.25) is 14.5 Å². The fourth-order valence-electron chi connectivity index (χ4n) is 4.14. The number of nitrogens with one attached hydrogen (secondary N) is 1. The summed E-state index contributed by atoms with van der Waals surface area (Å²) in [4.78, 5) is 29.1. The van der Waals surface area contributed by atoms with Crippen LogP contribution in [0.5, 0.6) is 0 Å². The SMILES string of the molecule is Cc1ccc(-c2nnc(-c3ccc(C(=O)N4CCN(CC(=O)Nc5ccc(F)cc5)CC4)cc3)o2)cc1. The molecule has 0 spiro atoms. The topological polar surface area (TPSA) is 91.6 Å². The minimum absolute atomic E-state index is 0.0622. The standard InChI is InChI=1S/C28H26FN5O3/c1-19-2-4-20(5-3-19)26-31-32-27(37-26)21-6-8-22(9-7-21)28(36)34-16-14-33(15-17-34)18-25(35)30-24-12-10-23(29)11-13-24/h2-13H,14-18H2,1H3,(H,30,35). The summed E-state index contributed by atoms with van der Waals surface area (Å²) in [6.45, 7) is 4.45. The Bertz CT molecular complexity index is 1380. The van der Waals surface area contributed by atoms with Gasteiger partial charge in [0, 0.05) is 48.6 Å². The van der Waals surface area contributed by atoms with Crippen LogP contribution in [0.25, 0.3) is 22.9 Å².